The Morgan fingerprint density at radius 1 is 1.28 bits per heavy atom. The highest BCUT2D eigenvalue weighted by molar-refractivity contribution is 6.47. The molecule has 4 aliphatic rings. The van der Waals surface area contributed by atoms with Crippen LogP contribution in [0.1, 0.15) is 60.3 Å². The summed E-state index contributed by atoms with van der Waals surface area (Å²) in [7, 11) is -0.346. The Kier molecular flexibility index (Phi) is 5.53. The second kappa shape index (κ2) is 7.20. The topological polar surface area (TPSA) is 67.8 Å². The Morgan fingerprint density at radius 2 is 2.00 bits per heavy atom. The molecule has 6 heteroatoms. The van der Waals surface area contributed by atoms with Gasteiger partial charge in [0.05, 0.1) is 18.1 Å². The maximum atomic E-state index is 12.3. The Hall–Kier alpha value is -0.585. The van der Waals surface area contributed by atoms with Crippen LogP contribution in [0.4, 0.5) is 0 Å². The summed E-state index contributed by atoms with van der Waals surface area (Å²) in [6.45, 7) is 10.9. The minimum atomic E-state index is -0.346. The molecule has 1 amide bonds. The van der Waals surface area contributed by atoms with Gasteiger partial charge in [0.25, 0.3) is 0 Å². The number of carbonyl (C=O) groups excluding carboxylic acids is 1. The maximum Gasteiger partial charge on any atom is 0.481 e. The average Bonchev–Trinajstić information content (AvgIpc) is 2.97. The van der Waals surface area contributed by atoms with Crippen LogP contribution in [0.3, 0.4) is 0 Å². The highest BCUT2D eigenvalue weighted by Gasteiger charge is 2.62. The van der Waals surface area contributed by atoms with E-state index in [4.69, 9.17) is 14.4 Å². The van der Waals surface area contributed by atoms with Gasteiger partial charge in [0, 0.05) is 13.0 Å². The van der Waals surface area contributed by atoms with Crippen molar-refractivity contribution in [1.82, 2.24) is 5.32 Å². The number of rotatable bonds is 7. The number of amides is 1. The Bertz CT molecular complexity index is 498. The molecule has 2 N–H and O–H groups in total. The molecular weight excluding hydrogens is 317 g/mol. The fourth-order valence-electron chi connectivity index (χ4n) is 4.94. The number of aliphatic hydroxyl groups is 1. The summed E-state index contributed by atoms with van der Waals surface area (Å²) in [4.78, 5) is 12.3. The van der Waals surface area contributed by atoms with E-state index in [1.54, 1.807) is 0 Å². The average molecular weight is 351 g/mol. The van der Waals surface area contributed by atoms with Crippen molar-refractivity contribution < 1.29 is 19.2 Å². The van der Waals surface area contributed by atoms with E-state index >= 15 is 0 Å². The van der Waals surface area contributed by atoms with Gasteiger partial charge in [0.15, 0.2) is 0 Å². The number of carbonyl (C=O) groups is 1. The van der Waals surface area contributed by atoms with Crippen LogP contribution >= 0.6 is 0 Å². The van der Waals surface area contributed by atoms with E-state index in [1.807, 2.05) is 6.92 Å². The van der Waals surface area contributed by atoms with Crippen LogP contribution in [0.5, 0.6) is 0 Å². The number of nitrogens with one attached hydrogen (secondary N) is 1. The van der Waals surface area contributed by atoms with Crippen LogP contribution < -0.4 is 5.32 Å². The van der Waals surface area contributed by atoms with Gasteiger partial charge >= 0.3 is 7.12 Å². The molecule has 0 spiro atoms. The zero-order valence-electron chi connectivity index (χ0n) is 16.3. The number of hydrogen-bond acceptors (Lipinski definition) is 4. The van der Waals surface area contributed by atoms with Crippen LogP contribution in [-0.2, 0) is 14.1 Å². The lowest BCUT2D eigenvalue weighted by Gasteiger charge is -2.60. The molecule has 1 heterocycles. The van der Waals surface area contributed by atoms with Crippen LogP contribution in [0.2, 0.25) is 0 Å². The fraction of sp³-hybridized carbons (Fsp3) is 0.947. The van der Waals surface area contributed by atoms with Gasteiger partial charge in [-0.05, 0) is 48.3 Å². The SMILES string of the molecule is CC(C)CC(NC(=O)CC(C)CO)B1O[C@@H]2CC3CC([C@@H]2O1)C3(C)C. The van der Waals surface area contributed by atoms with Crippen molar-refractivity contribution in [3.63, 3.8) is 0 Å². The molecular formula is C19H34BNO4. The molecule has 0 aromatic heterocycles. The zero-order valence-corrected chi connectivity index (χ0v) is 16.3. The van der Waals surface area contributed by atoms with Gasteiger partial charge in [-0.2, -0.15) is 0 Å². The molecule has 3 aliphatic carbocycles. The monoisotopic (exact) mass is 351 g/mol. The standard InChI is InChI=1S/C19H34BNO4/c1-11(2)6-16(21-17(23)7-12(3)10-22)20-24-15-9-13-8-14(18(15)25-20)19(13,4)5/h11-16,18,22H,6-10H2,1-5H3,(H,21,23)/t12?,13?,14?,15-,16?,18+/m1/s1. The van der Waals surface area contributed by atoms with Gasteiger partial charge in [0.2, 0.25) is 5.91 Å². The highest BCUT2D eigenvalue weighted by Crippen LogP contribution is 2.61. The van der Waals surface area contributed by atoms with Crippen molar-refractivity contribution in [3.05, 3.63) is 0 Å². The van der Waals surface area contributed by atoms with Gasteiger partial charge in [-0.15, -0.1) is 0 Å². The van der Waals surface area contributed by atoms with Crippen LogP contribution in [0.15, 0.2) is 0 Å². The largest absolute Gasteiger partial charge is 0.481 e. The third kappa shape index (κ3) is 3.76. The van der Waals surface area contributed by atoms with Gasteiger partial charge in [-0.1, -0.05) is 34.6 Å². The number of hydrogen-bond donors (Lipinski definition) is 2. The summed E-state index contributed by atoms with van der Waals surface area (Å²) in [5.41, 5.74) is 0.354. The molecule has 5 nitrogen and oxygen atoms in total. The fourth-order valence-corrected chi connectivity index (χ4v) is 4.94. The van der Waals surface area contributed by atoms with Crippen LogP contribution in [-0.4, -0.2) is 42.9 Å². The molecule has 1 aliphatic heterocycles. The predicted octanol–water partition coefficient (Wildman–Crippen LogP) is 2.41. The second-order valence-electron chi connectivity index (χ2n) is 9.54. The normalized spacial score (nSPS) is 35.1. The van der Waals surface area contributed by atoms with E-state index in [2.05, 4.69) is 33.0 Å². The van der Waals surface area contributed by atoms with Crippen molar-refractivity contribution in [2.45, 2.75) is 78.5 Å². The second-order valence-corrected chi connectivity index (χ2v) is 9.54. The molecule has 6 atom stereocenters. The molecule has 2 bridgehead atoms. The Balaban J connectivity index is 1.63. The summed E-state index contributed by atoms with van der Waals surface area (Å²) >= 11 is 0. The molecule has 0 aromatic rings. The lowest BCUT2D eigenvalue weighted by atomic mass is 9.47. The summed E-state index contributed by atoms with van der Waals surface area (Å²) in [5.74, 6) is 1.58. The molecule has 142 valence electrons. The quantitative estimate of drug-likeness (QED) is 0.692. The molecule has 4 unspecified atom stereocenters. The minimum Gasteiger partial charge on any atom is -0.404 e. The summed E-state index contributed by atoms with van der Waals surface area (Å²) < 4.78 is 12.6. The zero-order chi connectivity index (χ0) is 18.4. The molecule has 4 fully saturated rings. The maximum absolute atomic E-state index is 12.3. The highest BCUT2D eigenvalue weighted by atomic mass is 16.7. The number of aliphatic hydroxyl groups excluding tert-OH is 1. The molecule has 25 heavy (non-hydrogen) atoms. The van der Waals surface area contributed by atoms with Crippen molar-refractivity contribution in [2.24, 2.45) is 29.1 Å². The van der Waals surface area contributed by atoms with Gasteiger partial charge in [-0.25, -0.2) is 0 Å². The van der Waals surface area contributed by atoms with Crippen molar-refractivity contribution in [2.75, 3.05) is 6.61 Å². The van der Waals surface area contributed by atoms with Crippen molar-refractivity contribution in [1.29, 1.82) is 0 Å². The summed E-state index contributed by atoms with van der Waals surface area (Å²) in [6.07, 6.45) is 3.86. The first-order valence-corrected chi connectivity index (χ1v) is 9.93. The van der Waals surface area contributed by atoms with E-state index in [0.717, 1.165) is 18.8 Å². The molecule has 0 radical (unpaired) electrons. The van der Waals surface area contributed by atoms with Crippen LogP contribution in [0.25, 0.3) is 0 Å². The van der Waals surface area contributed by atoms with Gasteiger partial charge < -0.3 is 19.7 Å². The summed E-state index contributed by atoms with van der Waals surface area (Å²) in [5, 5.41) is 12.3. The lowest BCUT2D eigenvalue weighted by molar-refractivity contribution is -0.150. The minimum absolute atomic E-state index is 0.0271. The van der Waals surface area contributed by atoms with Crippen LogP contribution in [0, 0.1) is 29.1 Å². The third-order valence-electron chi connectivity index (χ3n) is 6.67. The van der Waals surface area contributed by atoms with E-state index in [-0.39, 0.29) is 43.7 Å². The van der Waals surface area contributed by atoms with E-state index < -0.39 is 0 Å². The van der Waals surface area contributed by atoms with Crippen molar-refractivity contribution in [3.8, 4) is 0 Å². The van der Waals surface area contributed by atoms with E-state index in [1.165, 1.54) is 6.42 Å². The third-order valence-corrected chi connectivity index (χ3v) is 6.67. The van der Waals surface area contributed by atoms with E-state index in [0.29, 0.717) is 23.7 Å². The predicted molar refractivity (Wildman–Crippen MR) is 97.7 cm³/mol. The molecule has 1 saturated heterocycles. The smallest absolute Gasteiger partial charge is 0.404 e. The molecule has 0 aromatic carbocycles. The van der Waals surface area contributed by atoms with Gasteiger partial charge in [-0.3, -0.25) is 4.79 Å². The first-order valence-electron chi connectivity index (χ1n) is 9.93. The molecule has 4 rings (SSSR count). The van der Waals surface area contributed by atoms with Gasteiger partial charge in [0.1, 0.15) is 0 Å². The van der Waals surface area contributed by atoms with E-state index in [9.17, 15) is 4.79 Å². The Labute approximate surface area is 152 Å². The first kappa shape index (κ1) is 19.2. The molecule has 3 saturated carbocycles. The summed E-state index contributed by atoms with van der Waals surface area (Å²) in [6, 6.07) is 0. The Morgan fingerprint density at radius 3 is 2.60 bits per heavy atom. The van der Waals surface area contributed by atoms with Crippen molar-refractivity contribution >= 4 is 13.0 Å². The lowest BCUT2D eigenvalue weighted by Crippen LogP contribution is -2.59. The first-order chi connectivity index (χ1) is 11.7.